The standard InChI is InChI=1S/C6H4Cl3N.C4H7Cl2NO/c7-6(8,9)5-3-1-2-4-10-5;5-3-1-8-2-4(6)7-3/h1-4H;3-4,7H,1-2H2. The van der Waals surface area contributed by atoms with Gasteiger partial charge in [0.1, 0.15) is 11.0 Å². The van der Waals surface area contributed by atoms with Gasteiger partial charge in [0.2, 0.25) is 3.79 Å². The van der Waals surface area contributed by atoms with Crippen molar-refractivity contribution in [2.24, 2.45) is 0 Å². The van der Waals surface area contributed by atoms with Crippen LogP contribution in [0, 0.1) is 0 Å². The Kier molecular flexibility index (Phi) is 7.32. The van der Waals surface area contributed by atoms with Crippen LogP contribution in [0.2, 0.25) is 0 Å². The van der Waals surface area contributed by atoms with E-state index in [1.54, 1.807) is 24.4 Å². The van der Waals surface area contributed by atoms with Crippen LogP contribution in [0.3, 0.4) is 0 Å². The van der Waals surface area contributed by atoms with Crippen LogP contribution in [0.25, 0.3) is 0 Å². The third kappa shape index (κ3) is 6.62. The van der Waals surface area contributed by atoms with Crippen molar-refractivity contribution in [1.82, 2.24) is 10.3 Å². The lowest BCUT2D eigenvalue weighted by Crippen LogP contribution is -2.42. The molecule has 1 N–H and O–H groups in total. The molecule has 2 heterocycles. The second-order valence-corrected chi connectivity index (χ2v) is 6.69. The lowest BCUT2D eigenvalue weighted by Gasteiger charge is -2.22. The quantitative estimate of drug-likeness (QED) is 0.572. The summed E-state index contributed by atoms with van der Waals surface area (Å²) in [5.74, 6) is 0. The Balaban J connectivity index is 0.000000184. The minimum Gasteiger partial charge on any atom is -0.376 e. The molecule has 2 atom stereocenters. The van der Waals surface area contributed by atoms with Crippen molar-refractivity contribution in [3.63, 3.8) is 0 Å². The van der Waals surface area contributed by atoms with E-state index in [1.165, 1.54) is 0 Å². The Morgan fingerprint density at radius 3 is 2.06 bits per heavy atom. The summed E-state index contributed by atoms with van der Waals surface area (Å²) in [5.41, 5.74) is 0.206. The molecule has 1 aliphatic rings. The average Bonchev–Trinajstić information content (AvgIpc) is 2.29. The van der Waals surface area contributed by atoms with E-state index < -0.39 is 3.79 Å². The molecule has 8 heteroatoms. The molecule has 0 bridgehead atoms. The molecule has 3 nitrogen and oxygen atoms in total. The van der Waals surface area contributed by atoms with Crippen molar-refractivity contribution in [3.05, 3.63) is 30.1 Å². The predicted molar refractivity (Wildman–Crippen MR) is 76.7 cm³/mol. The van der Waals surface area contributed by atoms with Crippen LogP contribution < -0.4 is 5.32 Å². The van der Waals surface area contributed by atoms with Gasteiger partial charge in [-0.1, -0.05) is 40.9 Å². The van der Waals surface area contributed by atoms with E-state index in [1.807, 2.05) is 0 Å². The zero-order valence-electron chi connectivity index (χ0n) is 9.12. The number of halogens is 5. The molecule has 0 spiro atoms. The Morgan fingerprint density at radius 1 is 1.17 bits per heavy atom. The first-order valence-electron chi connectivity index (χ1n) is 5.00. The van der Waals surface area contributed by atoms with Gasteiger partial charge in [0, 0.05) is 6.20 Å². The van der Waals surface area contributed by atoms with Crippen LogP contribution in [0.4, 0.5) is 0 Å². The number of pyridine rings is 1. The molecule has 0 radical (unpaired) electrons. The van der Waals surface area contributed by atoms with E-state index in [2.05, 4.69) is 10.3 Å². The molecule has 1 aliphatic heterocycles. The van der Waals surface area contributed by atoms with Crippen molar-refractivity contribution in [2.45, 2.75) is 14.8 Å². The minimum absolute atomic E-state index is 0.119. The average molecular weight is 352 g/mol. The third-order valence-electron chi connectivity index (χ3n) is 1.85. The van der Waals surface area contributed by atoms with E-state index in [4.69, 9.17) is 62.7 Å². The van der Waals surface area contributed by atoms with Crippen LogP contribution >= 0.6 is 58.0 Å². The Labute approximate surface area is 131 Å². The third-order valence-corrected chi connectivity index (χ3v) is 2.93. The van der Waals surface area contributed by atoms with Gasteiger partial charge in [0.25, 0.3) is 0 Å². The molecule has 18 heavy (non-hydrogen) atoms. The van der Waals surface area contributed by atoms with Crippen molar-refractivity contribution in [1.29, 1.82) is 0 Å². The summed E-state index contributed by atoms with van der Waals surface area (Å²) in [7, 11) is 0. The second kappa shape index (κ2) is 7.95. The molecular formula is C10H11Cl5N2O. The molecule has 0 aromatic carbocycles. The largest absolute Gasteiger partial charge is 0.376 e. The highest BCUT2D eigenvalue weighted by molar-refractivity contribution is 6.66. The van der Waals surface area contributed by atoms with Crippen LogP contribution in [-0.2, 0) is 8.53 Å². The molecule has 2 rings (SSSR count). The van der Waals surface area contributed by atoms with Crippen molar-refractivity contribution in [3.8, 4) is 0 Å². The lowest BCUT2D eigenvalue weighted by molar-refractivity contribution is 0.0879. The van der Waals surface area contributed by atoms with Gasteiger partial charge in [-0.3, -0.25) is 10.3 Å². The van der Waals surface area contributed by atoms with Crippen molar-refractivity contribution in [2.75, 3.05) is 13.2 Å². The monoisotopic (exact) mass is 350 g/mol. The number of aromatic nitrogens is 1. The fourth-order valence-electron chi connectivity index (χ4n) is 1.10. The zero-order chi connectivity index (χ0) is 13.6. The maximum absolute atomic E-state index is 5.59. The van der Waals surface area contributed by atoms with Gasteiger partial charge in [-0.2, -0.15) is 0 Å². The van der Waals surface area contributed by atoms with Crippen LogP contribution in [0.5, 0.6) is 0 Å². The van der Waals surface area contributed by atoms with Gasteiger partial charge in [0.15, 0.2) is 0 Å². The maximum atomic E-state index is 5.59. The zero-order valence-corrected chi connectivity index (χ0v) is 12.9. The SMILES string of the molecule is ClC(Cl)(Cl)c1ccccn1.ClC1COCC(Cl)N1. The molecule has 0 saturated carbocycles. The summed E-state index contributed by atoms with van der Waals surface area (Å²) in [6.07, 6.45) is 1.58. The van der Waals surface area contributed by atoms with Crippen molar-refractivity contribution >= 4 is 58.0 Å². The topological polar surface area (TPSA) is 34.1 Å². The summed E-state index contributed by atoms with van der Waals surface area (Å²) in [6, 6.07) is 5.19. The summed E-state index contributed by atoms with van der Waals surface area (Å²) < 4.78 is 3.57. The highest BCUT2D eigenvalue weighted by Gasteiger charge is 2.23. The first kappa shape index (κ1) is 16.6. The Hall–Kier alpha value is 0.520. The van der Waals surface area contributed by atoms with Crippen molar-refractivity contribution < 1.29 is 4.74 Å². The minimum atomic E-state index is -1.40. The number of nitrogens with one attached hydrogen (secondary N) is 1. The summed E-state index contributed by atoms with van der Waals surface area (Å²) in [6.45, 7) is 1.09. The molecule has 1 fully saturated rings. The number of alkyl halides is 5. The van der Waals surface area contributed by atoms with Gasteiger partial charge in [-0.05, 0) is 12.1 Å². The molecule has 2 unspecified atom stereocenters. The molecule has 1 aromatic heterocycles. The number of ether oxygens (including phenoxy) is 1. The van der Waals surface area contributed by atoms with Gasteiger partial charge in [-0.25, -0.2) is 0 Å². The fraction of sp³-hybridized carbons (Fsp3) is 0.500. The van der Waals surface area contributed by atoms with E-state index in [-0.39, 0.29) is 11.0 Å². The first-order chi connectivity index (χ1) is 8.39. The summed E-state index contributed by atoms with van der Waals surface area (Å²) in [5, 5.41) is 2.89. The molecular weight excluding hydrogens is 341 g/mol. The van der Waals surface area contributed by atoms with E-state index in [0.717, 1.165) is 0 Å². The lowest BCUT2D eigenvalue weighted by atomic mass is 10.4. The highest BCUT2D eigenvalue weighted by Crippen LogP contribution is 2.36. The second-order valence-electron chi connectivity index (χ2n) is 3.35. The molecule has 1 saturated heterocycles. The fourth-order valence-corrected chi connectivity index (χ4v) is 1.98. The normalized spacial score (nSPS) is 24.1. The number of nitrogens with zero attached hydrogens (tertiary/aromatic N) is 1. The molecule has 0 aliphatic carbocycles. The summed E-state index contributed by atoms with van der Waals surface area (Å²) in [4.78, 5) is 3.85. The number of hydrogen-bond acceptors (Lipinski definition) is 3. The summed E-state index contributed by atoms with van der Waals surface area (Å²) >= 11 is 27.8. The smallest absolute Gasteiger partial charge is 0.232 e. The van der Waals surface area contributed by atoms with Gasteiger partial charge in [0.05, 0.1) is 18.9 Å². The van der Waals surface area contributed by atoms with Gasteiger partial charge in [-0.15, -0.1) is 23.2 Å². The first-order valence-corrected chi connectivity index (χ1v) is 7.00. The van der Waals surface area contributed by atoms with E-state index in [9.17, 15) is 0 Å². The van der Waals surface area contributed by atoms with E-state index in [0.29, 0.717) is 18.9 Å². The maximum Gasteiger partial charge on any atom is 0.232 e. The molecule has 102 valence electrons. The molecule has 0 amide bonds. The number of rotatable bonds is 0. The van der Waals surface area contributed by atoms with Crippen LogP contribution in [0.15, 0.2) is 24.4 Å². The Morgan fingerprint density at radius 2 is 1.78 bits per heavy atom. The van der Waals surface area contributed by atoms with Gasteiger partial charge < -0.3 is 4.74 Å². The van der Waals surface area contributed by atoms with Crippen LogP contribution in [-0.4, -0.2) is 29.2 Å². The Bertz CT molecular complexity index is 338. The van der Waals surface area contributed by atoms with E-state index >= 15 is 0 Å². The highest BCUT2D eigenvalue weighted by atomic mass is 35.6. The predicted octanol–water partition coefficient (Wildman–Crippen LogP) is 3.64. The number of morpholine rings is 1. The number of hydrogen-bond donors (Lipinski definition) is 1. The van der Waals surface area contributed by atoms with Gasteiger partial charge >= 0.3 is 0 Å². The van der Waals surface area contributed by atoms with Crippen LogP contribution in [0.1, 0.15) is 5.69 Å². The molecule has 1 aromatic rings.